The Labute approximate surface area is 217 Å². The largest absolute Gasteiger partial charge is 0.396 e. The number of carbonyl (C=O) groups is 1. The molecule has 1 aromatic heterocycles. The molecule has 188 valence electrons. The van der Waals surface area contributed by atoms with Gasteiger partial charge in [-0.3, -0.25) is 14.7 Å². The van der Waals surface area contributed by atoms with Gasteiger partial charge in [-0.05, 0) is 95.3 Å². The zero-order valence-corrected chi connectivity index (χ0v) is 23.0. The van der Waals surface area contributed by atoms with E-state index in [2.05, 4.69) is 62.2 Å². The van der Waals surface area contributed by atoms with Gasteiger partial charge in [0.2, 0.25) is 0 Å². The predicted octanol–water partition coefficient (Wildman–Crippen LogP) is 5.61. The summed E-state index contributed by atoms with van der Waals surface area (Å²) in [5.41, 5.74) is 5.06. The summed E-state index contributed by atoms with van der Waals surface area (Å²) >= 11 is 3.53. The number of carbonyl (C=O) groups excluding carboxylic acids is 1. The van der Waals surface area contributed by atoms with Crippen LogP contribution in [-0.4, -0.2) is 64.7 Å². The standard InChI is InChI=1S/C28H37BrN4O2/c1-5-35-31-26(22-6-8-24(29)9-7-22)23-10-14-33(15-11-23)28(4)12-16-32(17-13-28)27(34)25-20(2)18-30-19-21(25)3/h6-9,18-19,23H,5,10-17H2,1-4H3/b31-26-. The van der Waals surface area contributed by atoms with E-state index in [-0.39, 0.29) is 11.4 Å². The lowest BCUT2D eigenvalue weighted by molar-refractivity contribution is 0.0161. The van der Waals surface area contributed by atoms with Crippen molar-refractivity contribution in [1.29, 1.82) is 0 Å². The molecule has 2 aliphatic heterocycles. The normalized spacial score (nSPS) is 19.6. The van der Waals surface area contributed by atoms with Crippen LogP contribution in [0.5, 0.6) is 0 Å². The SMILES string of the molecule is CCO/N=C(/c1ccc(Br)cc1)C1CCN(C2(C)CCN(C(=O)c3c(C)cncc3C)CC2)CC1. The van der Waals surface area contributed by atoms with Crippen LogP contribution < -0.4 is 0 Å². The maximum atomic E-state index is 13.2. The fourth-order valence-corrected chi connectivity index (χ4v) is 5.78. The number of likely N-dealkylation sites (tertiary alicyclic amines) is 2. The molecule has 0 spiro atoms. The Balaban J connectivity index is 1.38. The number of aryl methyl sites for hydroxylation is 2. The molecule has 0 unspecified atom stereocenters. The van der Waals surface area contributed by atoms with Crippen LogP contribution in [0, 0.1) is 19.8 Å². The zero-order chi connectivity index (χ0) is 25.0. The highest BCUT2D eigenvalue weighted by molar-refractivity contribution is 9.10. The molecule has 0 bridgehead atoms. The van der Waals surface area contributed by atoms with Crippen molar-refractivity contribution in [2.75, 3.05) is 32.8 Å². The first-order valence-electron chi connectivity index (χ1n) is 12.7. The molecular weight excluding hydrogens is 504 g/mol. The third-order valence-corrected chi connectivity index (χ3v) is 8.27. The van der Waals surface area contributed by atoms with Gasteiger partial charge >= 0.3 is 0 Å². The molecule has 2 aliphatic rings. The summed E-state index contributed by atoms with van der Waals surface area (Å²) in [6, 6.07) is 8.37. The number of aromatic nitrogens is 1. The molecule has 7 heteroatoms. The second kappa shape index (κ2) is 11.2. The maximum Gasteiger partial charge on any atom is 0.254 e. The van der Waals surface area contributed by atoms with Crippen LogP contribution in [0.3, 0.4) is 0 Å². The molecule has 2 saturated heterocycles. The van der Waals surface area contributed by atoms with Crippen molar-refractivity contribution in [3.8, 4) is 0 Å². The van der Waals surface area contributed by atoms with Gasteiger partial charge in [-0.2, -0.15) is 0 Å². The van der Waals surface area contributed by atoms with Crippen LogP contribution in [0.1, 0.15) is 66.6 Å². The molecule has 0 atom stereocenters. The van der Waals surface area contributed by atoms with Gasteiger partial charge in [0.25, 0.3) is 5.91 Å². The quantitative estimate of drug-likeness (QED) is 0.353. The summed E-state index contributed by atoms with van der Waals surface area (Å²) in [6.45, 7) is 12.6. The van der Waals surface area contributed by atoms with Gasteiger partial charge in [0.15, 0.2) is 0 Å². The average molecular weight is 542 g/mol. The Morgan fingerprint density at radius 3 is 2.26 bits per heavy atom. The van der Waals surface area contributed by atoms with Crippen molar-refractivity contribution in [3.05, 3.63) is 63.4 Å². The second-order valence-corrected chi connectivity index (χ2v) is 11.0. The summed E-state index contributed by atoms with van der Waals surface area (Å²) in [7, 11) is 0. The van der Waals surface area contributed by atoms with Gasteiger partial charge < -0.3 is 9.74 Å². The van der Waals surface area contributed by atoms with Gasteiger partial charge in [0.05, 0.1) is 5.71 Å². The Bertz CT molecular complexity index is 1030. The van der Waals surface area contributed by atoms with Crippen molar-refractivity contribution in [1.82, 2.24) is 14.8 Å². The van der Waals surface area contributed by atoms with E-state index in [4.69, 9.17) is 4.84 Å². The first kappa shape index (κ1) is 25.8. The number of halogens is 1. The topological polar surface area (TPSA) is 58.0 Å². The number of hydrogen-bond donors (Lipinski definition) is 0. The molecule has 6 nitrogen and oxygen atoms in total. The molecule has 1 amide bonds. The van der Waals surface area contributed by atoms with Gasteiger partial charge in [-0.1, -0.05) is 33.2 Å². The third kappa shape index (κ3) is 5.78. The number of hydrogen-bond acceptors (Lipinski definition) is 5. The number of rotatable bonds is 6. The van der Waals surface area contributed by atoms with Crippen molar-refractivity contribution in [2.24, 2.45) is 11.1 Å². The highest BCUT2D eigenvalue weighted by Gasteiger charge is 2.39. The van der Waals surface area contributed by atoms with Gasteiger partial charge in [0.1, 0.15) is 6.61 Å². The average Bonchev–Trinajstić information content (AvgIpc) is 2.86. The van der Waals surface area contributed by atoms with Gasteiger partial charge in [-0.15, -0.1) is 0 Å². The zero-order valence-electron chi connectivity index (χ0n) is 21.4. The molecule has 4 rings (SSSR count). The highest BCUT2D eigenvalue weighted by atomic mass is 79.9. The molecule has 0 saturated carbocycles. The summed E-state index contributed by atoms with van der Waals surface area (Å²) < 4.78 is 1.07. The molecule has 0 N–H and O–H groups in total. The van der Waals surface area contributed by atoms with E-state index < -0.39 is 0 Å². The molecule has 35 heavy (non-hydrogen) atoms. The summed E-state index contributed by atoms with van der Waals surface area (Å²) in [5.74, 6) is 0.538. The van der Waals surface area contributed by atoms with Crippen LogP contribution in [0.25, 0.3) is 0 Å². The maximum absolute atomic E-state index is 13.2. The Morgan fingerprint density at radius 2 is 1.69 bits per heavy atom. The van der Waals surface area contributed by atoms with E-state index in [0.717, 1.165) is 84.3 Å². The molecule has 2 fully saturated rings. The monoisotopic (exact) mass is 540 g/mol. The Hall–Kier alpha value is -2.25. The fraction of sp³-hybridized carbons (Fsp3) is 0.536. The molecule has 0 aliphatic carbocycles. The van der Waals surface area contributed by atoms with Crippen LogP contribution in [0.15, 0.2) is 46.3 Å². The summed E-state index contributed by atoms with van der Waals surface area (Å²) in [6.07, 6.45) is 7.70. The third-order valence-electron chi connectivity index (χ3n) is 7.74. The van der Waals surface area contributed by atoms with E-state index in [1.165, 1.54) is 0 Å². The first-order chi connectivity index (χ1) is 16.8. The molecule has 0 radical (unpaired) electrons. The number of piperidine rings is 2. The number of nitrogens with zero attached hydrogens (tertiary/aromatic N) is 4. The Kier molecular flexibility index (Phi) is 8.27. The van der Waals surface area contributed by atoms with E-state index in [1.807, 2.05) is 25.7 Å². The Morgan fingerprint density at radius 1 is 1.09 bits per heavy atom. The highest BCUT2D eigenvalue weighted by Crippen LogP contribution is 2.34. The van der Waals surface area contributed by atoms with E-state index in [0.29, 0.717) is 12.5 Å². The van der Waals surface area contributed by atoms with Crippen LogP contribution in [-0.2, 0) is 4.84 Å². The van der Waals surface area contributed by atoms with E-state index in [1.54, 1.807) is 12.4 Å². The first-order valence-corrected chi connectivity index (χ1v) is 13.5. The smallest absolute Gasteiger partial charge is 0.254 e. The van der Waals surface area contributed by atoms with Gasteiger partial charge in [0, 0.05) is 47.0 Å². The fourth-order valence-electron chi connectivity index (χ4n) is 5.51. The molecular formula is C28H37BrN4O2. The number of pyridine rings is 1. The molecule has 2 aromatic rings. The van der Waals surface area contributed by atoms with E-state index in [9.17, 15) is 4.79 Å². The molecule has 1 aromatic carbocycles. The minimum Gasteiger partial charge on any atom is -0.396 e. The van der Waals surface area contributed by atoms with Crippen molar-refractivity contribution < 1.29 is 9.63 Å². The minimum absolute atomic E-state index is 0.124. The number of benzene rings is 1. The van der Waals surface area contributed by atoms with Crippen molar-refractivity contribution in [3.63, 3.8) is 0 Å². The van der Waals surface area contributed by atoms with Gasteiger partial charge in [-0.25, -0.2) is 0 Å². The lowest BCUT2D eigenvalue weighted by Gasteiger charge is -2.49. The lowest BCUT2D eigenvalue weighted by atomic mass is 9.82. The van der Waals surface area contributed by atoms with Crippen LogP contribution in [0.2, 0.25) is 0 Å². The second-order valence-electron chi connectivity index (χ2n) is 10.1. The summed E-state index contributed by atoms with van der Waals surface area (Å²) in [4.78, 5) is 27.6. The predicted molar refractivity (Wildman–Crippen MR) is 144 cm³/mol. The van der Waals surface area contributed by atoms with Crippen LogP contribution >= 0.6 is 15.9 Å². The number of amides is 1. The van der Waals surface area contributed by atoms with E-state index >= 15 is 0 Å². The lowest BCUT2D eigenvalue weighted by Crippen LogP contribution is -2.56. The van der Waals surface area contributed by atoms with Crippen LogP contribution in [0.4, 0.5) is 0 Å². The van der Waals surface area contributed by atoms with Crippen molar-refractivity contribution in [2.45, 2.75) is 58.9 Å². The molecule has 3 heterocycles. The number of oxime groups is 1. The minimum atomic E-state index is 0.124. The summed E-state index contributed by atoms with van der Waals surface area (Å²) in [5, 5.41) is 4.53. The van der Waals surface area contributed by atoms with Crippen molar-refractivity contribution >= 4 is 27.5 Å².